The van der Waals surface area contributed by atoms with Crippen LogP contribution in [0.5, 0.6) is 0 Å². The van der Waals surface area contributed by atoms with Crippen molar-refractivity contribution in [3.05, 3.63) is 35.4 Å². The summed E-state index contributed by atoms with van der Waals surface area (Å²) in [5, 5.41) is 5.33. The van der Waals surface area contributed by atoms with Crippen molar-refractivity contribution >= 4 is 17.8 Å². The molecule has 1 aromatic rings. The van der Waals surface area contributed by atoms with E-state index in [2.05, 4.69) is 10.6 Å². The first-order valence-corrected chi connectivity index (χ1v) is 8.56. The highest BCUT2D eigenvalue weighted by Gasteiger charge is 2.22. The molecular weight excluding hydrogens is 320 g/mol. The van der Waals surface area contributed by atoms with Crippen molar-refractivity contribution in [1.29, 1.82) is 0 Å². The summed E-state index contributed by atoms with van der Waals surface area (Å²) < 4.78 is 5.14. The molecule has 1 unspecified atom stereocenters. The fraction of sp³-hybridized carbons (Fsp3) is 0.526. The predicted octanol–water partition coefficient (Wildman–Crippen LogP) is 3.31. The molecule has 0 heterocycles. The number of alkyl carbamates (subject to hydrolysis) is 1. The van der Waals surface area contributed by atoms with E-state index in [0.29, 0.717) is 17.7 Å². The van der Waals surface area contributed by atoms with Gasteiger partial charge in [0.1, 0.15) is 5.60 Å². The Balaban J connectivity index is 2.73. The van der Waals surface area contributed by atoms with E-state index in [-0.39, 0.29) is 11.7 Å². The van der Waals surface area contributed by atoms with E-state index in [1.807, 2.05) is 6.92 Å². The lowest BCUT2D eigenvalue weighted by molar-refractivity contribution is 0.0496. The smallest absolute Gasteiger partial charge is 0.408 e. The van der Waals surface area contributed by atoms with E-state index in [4.69, 9.17) is 4.74 Å². The zero-order valence-corrected chi connectivity index (χ0v) is 15.6. The molecule has 1 aromatic carbocycles. The molecule has 0 bridgehead atoms. The van der Waals surface area contributed by atoms with Crippen LogP contribution in [-0.4, -0.2) is 36.0 Å². The number of rotatable bonds is 7. The minimum Gasteiger partial charge on any atom is -0.444 e. The third-order valence-corrected chi connectivity index (χ3v) is 3.35. The van der Waals surface area contributed by atoms with Gasteiger partial charge >= 0.3 is 6.09 Å². The van der Waals surface area contributed by atoms with E-state index in [1.165, 1.54) is 6.07 Å². The standard InChI is InChI=1S/C19H28N2O4/c1-6-7-11-20-17(23)15-10-8-9-14(12-15)16(22)13(2)21-18(24)25-19(3,4)5/h8-10,12-13H,6-7,11H2,1-5H3,(H,20,23)(H,21,24). The summed E-state index contributed by atoms with van der Waals surface area (Å²) >= 11 is 0. The van der Waals surface area contributed by atoms with Gasteiger partial charge in [-0.2, -0.15) is 0 Å². The molecule has 6 heteroatoms. The van der Waals surface area contributed by atoms with Gasteiger partial charge in [-0.25, -0.2) is 4.79 Å². The quantitative estimate of drug-likeness (QED) is 0.585. The van der Waals surface area contributed by atoms with Crippen molar-refractivity contribution in [2.75, 3.05) is 6.54 Å². The lowest BCUT2D eigenvalue weighted by atomic mass is 10.0. The molecule has 0 spiro atoms. The Morgan fingerprint density at radius 1 is 1.16 bits per heavy atom. The van der Waals surface area contributed by atoms with E-state index < -0.39 is 17.7 Å². The average Bonchev–Trinajstić information content (AvgIpc) is 2.52. The van der Waals surface area contributed by atoms with Gasteiger partial charge in [0, 0.05) is 17.7 Å². The van der Waals surface area contributed by atoms with Gasteiger partial charge in [0.05, 0.1) is 6.04 Å². The SMILES string of the molecule is CCCCNC(=O)c1cccc(C(=O)C(C)NC(=O)OC(C)(C)C)c1. The van der Waals surface area contributed by atoms with E-state index >= 15 is 0 Å². The van der Waals surface area contributed by atoms with Crippen LogP contribution in [0.4, 0.5) is 4.79 Å². The molecule has 0 aliphatic rings. The summed E-state index contributed by atoms with van der Waals surface area (Å²) in [6.45, 7) is 9.48. The number of ketones is 1. The highest BCUT2D eigenvalue weighted by Crippen LogP contribution is 2.10. The van der Waals surface area contributed by atoms with Gasteiger partial charge in [-0.1, -0.05) is 25.5 Å². The number of benzene rings is 1. The number of nitrogens with one attached hydrogen (secondary N) is 2. The summed E-state index contributed by atoms with van der Waals surface area (Å²) in [6, 6.07) is 5.72. The monoisotopic (exact) mass is 348 g/mol. The fourth-order valence-corrected chi connectivity index (χ4v) is 2.09. The number of hydrogen-bond donors (Lipinski definition) is 2. The van der Waals surface area contributed by atoms with Crippen molar-refractivity contribution in [2.24, 2.45) is 0 Å². The first-order chi connectivity index (χ1) is 11.6. The fourth-order valence-electron chi connectivity index (χ4n) is 2.09. The van der Waals surface area contributed by atoms with Crippen LogP contribution >= 0.6 is 0 Å². The second-order valence-electron chi connectivity index (χ2n) is 6.92. The number of ether oxygens (including phenoxy) is 1. The van der Waals surface area contributed by atoms with Crippen LogP contribution in [0.25, 0.3) is 0 Å². The Morgan fingerprint density at radius 3 is 2.40 bits per heavy atom. The number of amides is 2. The highest BCUT2D eigenvalue weighted by molar-refractivity contribution is 6.03. The molecule has 0 fully saturated rings. The normalized spacial score (nSPS) is 12.2. The van der Waals surface area contributed by atoms with Crippen LogP contribution in [0.15, 0.2) is 24.3 Å². The first-order valence-electron chi connectivity index (χ1n) is 8.56. The average molecular weight is 348 g/mol. The van der Waals surface area contributed by atoms with Crippen molar-refractivity contribution in [1.82, 2.24) is 10.6 Å². The minimum absolute atomic E-state index is 0.212. The van der Waals surface area contributed by atoms with Gasteiger partial charge in [0.25, 0.3) is 5.91 Å². The Labute approximate surface area is 149 Å². The number of hydrogen-bond acceptors (Lipinski definition) is 4. The topological polar surface area (TPSA) is 84.5 Å². The molecule has 0 saturated heterocycles. The second kappa shape index (κ2) is 9.20. The highest BCUT2D eigenvalue weighted by atomic mass is 16.6. The summed E-state index contributed by atoms with van der Waals surface area (Å²) in [7, 11) is 0. The zero-order chi connectivity index (χ0) is 19.0. The molecule has 0 saturated carbocycles. The molecule has 0 aliphatic carbocycles. The molecule has 1 atom stereocenters. The lowest BCUT2D eigenvalue weighted by Gasteiger charge is -2.21. The van der Waals surface area contributed by atoms with E-state index in [9.17, 15) is 14.4 Å². The maximum absolute atomic E-state index is 12.5. The Morgan fingerprint density at radius 2 is 1.80 bits per heavy atom. The largest absolute Gasteiger partial charge is 0.444 e. The molecule has 25 heavy (non-hydrogen) atoms. The van der Waals surface area contributed by atoms with Crippen molar-refractivity contribution in [3.8, 4) is 0 Å². The van der Waals surface area contributed by atoms with Gasteiger partial charge in [0.2, 0.25) is 0 Å². The van der Waals surface area contributed by atoms with Gasteiger partial charge in [-0.3, -0.25) is 9.59 Å². The maximum atomic E-state index is 12.5. The summed E-state index contributed by atoms with van der Waals surface area (Å²) in [6.07, 6.45) is 1.25. The number of carbonyl (C=O) groups is 3. The molecule has 0 aromatic heterocycles. The Hall–Kier alpha value is -2.37. The van der Waals surface area contributed by atoms with Crippen LogP contribution in [0.2, 0.25) is 0 Å². The maximum Gasteiger partial charge on any atom is 0.408 e. The van der Waals surface area contributed by atoms with Gasteiger partial charge in [0.15, 0.2) is 5.78 Å². The molecule has 1 rings (SSSR count). The molecule has 2 amide bonds. The Kier molecular flexibility index (Phi) is 7.61. The van der Waals surface area contributed by atoms with Crippen LogP contribution in [-0.2, 0) is 4.74 Å². The molecular formula is C19H28N2O4. The molecule has 2 N–H and O–H groups in total. The molecule has 0 aliphatic heterocycles. The number of carbonyl (C=O) groups excluding carboxylic acids is 3. The van der Waals surface area contributed by atoms with Crippen molar-refractivity contribution in [2.45, 2.75) is 59.1 Å². The lowest BCUT2D eigenvalue weighted by Crippen LogP contribution is -2.41. The van der Waals surface area contributed by atoms with Gasteiger partial charge in [-0.05, 0) is 46.2 Å². The van der Waals surface area contributed by atoms with Crippen molar-refractivity contribution in [3.63, 3.8) is 0 Å². The van der Waals surface area contributed by atoms with Crippen LogP contribution in [0.3, 0.4) is 0 Å². The third-order valence-electron chi connectivity index (χ3n) is 3.35. The van der Waals surface area contributed by atoms with E-state index in [1.54, 1.807) is 45.9 Å². The molecule has 138 valence electrons. The molecule has 6 nitrogen and oxygen atoms in total. The van der Waals surface area contributed by atoms with Crippen LogP contribution in [0.1, 0.15) is 68.2 Å². The number of unbranched alkanes of at least 4 members (excludes halogenated alkanes) is 1. The molecule has 0 radical (unpaired) electrons. The summed E-state index contributed by atoms with van der Waals surface area (Å²) in [5.41, 5.74) is 0.154. The first kappa shape index (κ1) is 20.7. The zero-order valence-electron chi connectivity index (χ0n) is 15.6. The van der Waals surface area contributed by atoms with Crippen LogP contribution in [0, 0.1) is 0 Å². The second-order valence-corrected chi connectivity index (χ2v) is 6.92. The minimum atomic E-state index is -0.756. The van der Waals surface area contributed by atoms with Gasteiger partial charge in [-0.15, -0.1) is 0 Å². The third kappa shape index (κ3) is 7.37. The Bertz CT molecular complexity index is 620. The number of Topliss-reactive ketones (excluding diaryl/α,β-unsaturated/α-hetero) is 1. The predicted molar refractivity (Wildman–Crippen MR) is 96.8 cm³/mol. The van der Waals surface area contributed by atoms with Crippen molar-refractivity contribution < 1.29 is 19.1 Å². The van der Waals surface area contributed by atoms with Crippen LogP contribution < -0.4 is 10.6 Å². The summed E-state index contributed by atoms with van der Waals surface area (Å²) in [5.74, 6) is -0.495. The van der Waals surface area contributed by atoms with E-state index in [0.717, 1.165) is 12.8 Å². The van der Waals surface area contributed by atoms with Gasteiger partial charge < -0.3 is 15.4 Å². The summed E-state index contributed by atoms with van der Waals surface area (Å²) in [4.78, 5) is 36.3.